The van der Waals surface area contributed by atoms with Crippen LogP contribution in [0.3, 0.4) is 0 Å². The van der Waals surface area contributed by atoms with E-state index in [4.69, 9.17) is 0 Å². The van der Waals surface area contributed by atoms with Crippen LogP contribution in [-0.4, -0.2) is 62.8 Å². The number of rotatable bonds is 3. The molecule has 1 aromatic carbocycles. The van der Waals surface area contributed by atoms with Crippen LogP contribution < -0.4 is 0 Å². The summed E-state index contributed by atoms with van der Waals surface area (Å²) < 4.78 is 55.2. The average Bonchev–Trinajstić information content (AvgIpc) is 3.24. The molecule has 2 fully saturated rings. The van der Waals surface area contributed by atoms with Crippen molar-refractivity contribution in [2.75, 3.05) is 26.2 Å². The molecule has 0 radical (unpaired) electrons. The first-order valence-corrected chi connectivity index (χ1v) is 11.0. The molecule has 7 nitrogen and oxygen atoms in total. The quantitative estimate of drug-likeness (QED) is 0.648. The number of piperidine rings is 2. The number of aromatic nitrogens is 3. The molecule has 2 saturated heterocycles. The second-order valence-corrected chi connectivity index (χ2v) is 8.77. The fourth-order valence-electron chi connectivity index (χ4n) is 4.57. The van der Waals surface area contributed by atoms with Gasteiger partial charge >= 0.3 is 6.18 Å². The summed E-state index contributed by atoms with van der Waals surface area (Å²) in [5, 5.41) is 7.05. The summed E-state index contributed by atoms with van der Waals surface area (Å²) in [5.41, 5.74) is -2.17. The Balaban J connectivity index is 1.49. The summed E-state index contributed by atoms with van der Waals surface area (Å²) in [6.07, 6.45) is -2.06. The van der Waals surface area contributed by atoms with Crippen LogP contribution in [0.4, 0.5) is 17.6 Å². The Morgan fingerprint density at radius 2 is 1.67 bits per heavy atom. The van der Waals surface area contributed by atoms with Crippen LogP contribution in [0.5, 0.6) is 0 Å². The SMILES string of the molecule is CC1CCCN(C(=O)C2CCN(C(=O)c3nnn(-c4ccc(F)cc4)c3C(F)(F)F)CC2)C1. The number of alkyl halides is 3. The maximum Gasteiger partial charge on any atom is 0.435 e. The first-order valence-electron chi connectivity index (χ1n) is 11.0. The molecule has 33 heavy (non-hydrogen) atoms. The fraction of sp³-hybridized carbons (Fsp3) is 0.545. The third-order valence-corrected chi connectivity index (χ3v) is 6.31. The predicted octanol–water partition coefficient (Wildman–Crippen LogP) is 3.54. The Morgan fingerprint density at radius 1 is 1.00 bits per heavy atom. The topological polar surface area (TPSA) is 71.3 Å². The minimum atomic E-state index is -4.90. The van der Waals surface area contributed by atoms with E-state index in [-0.39, 0.29) is 30.6 Å². The lowest BCUT2D eigenvalue weighted by Gasteiger charge is -2.37. The van der Waals surface area contributed by atoms with Crippen molar-refractivity contribution in [1.82, 2.24) is 24.8 Å². The maximum absolute atomic E-state index is 13.8. The van der Waals surface area contributed by atoms with Gasteiger partial charge in [-0.15, -0.1) is 5.10 Å². The number of carbonyl (C=O) groups is 2. The van der Waals surface area contributed by atoms with Crippen LogP contribution >= 0.6 is 0 Å². The highest BCUT2D eigenvalue weighted by Gasteiger charge is 2.43. The number of benzene rings is 1. The van der Waals surface area contributed by atoms with Gasteiger partial charge in [0.25, 0.3) is 5.91 Å². The van der Waals surface area contributed by atoms with Gasteiger partial charge in [-0.3, -0.25) is 9.59 Å². The molecule has 2 aliphatic heterocycles. The third-order valence-electron chi connectivity index (χ3n) is 6.31. The second kappa shape index (κ2) is 9.11. The molecule has 1 atom stereocenters. The van der Waals surface area contributed by atoms with E-state index >= 15 is 0 Å². The average molecular weight is 467 g/mol. The third kappa shape index (κ3) is 4.86. The van der Waals surface area contributed by atoms with Gasteiger partial charge in [-0.05, 0) is 55.9 Å². The molecule has 0 spiro atoms. The highest BCUT2D eigenvalue weighted by atomic mass is 19.4. The van der Waals surface area contributed by atoms with Gasteiger partial charge in [0, 0.05) is 32.1 Å². The predicted molar refractivity (Wildman–Crippen MR) is 110 cm³/mol. The number of hydrogen-bond acceptors (Lipinski definition) is 4. The van der Waals surface area contributed by atoms with Gasteiger partial charge in [-0.2, -0.15) is 13.2 Å². The number of likely N-dealkylation sites (tertiary alicyclic amines) is 2. The van der Waals surface area contributed by atoms with Gasteiger partial charge in [-0.25, -0.2) is 9.07 Å². The van der Waals surface area contributed by atoms with Crippen molar-refractivity contribution < 1.29 is 27.2 Å². The highest BCUT2D eigenvalue weighted by molar-refractivity contribution is 5.94. The van der Waals surface area contributed by atoms with Gasteiger partial charge in [-0.1, -0.05) is 12.1 Å². The molecule has 2 aromatic rings. The van der Waals surface area contributed by atoms with Crippen LogP contribution in [0.2, 0.25) is 0 Å². The Hall–Kier alpha value is -2.98. The Kier molecular flexibility index (Phi) is 6.40. The molecule has 0 saturated carbocycles. The van der Waals surface area contributed by atoms with E-state index in [1.54, 1.807) is 0 Å². The van der Waals surface area contributed by atoms with E-state index in [1.165, 1.54) is 4.90 Å². The van der Waals surface area contributed by atoms with Gasteiger partial charge in [0.1, 0.15) is 5.82 Å². The molecule has 4 rings (SSSR count). The summed E-state index contributed by atoms with van der Waals surface area (Å²) in [6.45, 7) is 3.89. The lowest BCUT2D eigenvalue weighted by atomic mass is 9.92. The molecule has 1 unspecified atom stereocenters. The van der Waals surface area contributed by atoms with E-state index in [1.807, 2.05) is 4.90 Å². The van der Waals surface area contributed by atoms with Crippen molar-refractivity contribution >= 4 is 11.8 Å². The zero-order chi connectivity index (χ0) is 23.8. The molecular weight excluding hydrogens is 442 g/mol. The smallest absolute Gasteiger partial charge is 0.342 e. The molecule has 1 aromatic heterocycles. The molecule has 0 bridgehead atoms. The zero-order valence-electron chi connectivity index (χ0n) is 18.2. The summed E-state index contributed by atoms with van der Waals surface area (Å²) in [4.78, 5) is 28.9. The van der Waals surface area contributed by atoms with E-state index in [2.05, 4.69) is 17.2 Å². The number of nitrogens with zero attached hydrogens (tertiary/aromatic N) is 5. The molecule has 2 amide bonds. The number of amides is 2. The van der Waals surface area contributed by atoms with Gasteiger partial charge in [0.2, 0.25) is 5.91 Å². The van der Waals surface area contributed by atoms with Crippen LogP contribution in [0.25, 0.3) is 5.69 Å². The van der Waals surface area contributed by atoms with Crippen LogP contribution in [-0.2, 0) is 11.0 Å². The van der Waals surface area contributed by atoms with Crippen LogP contribution in [0.15, 0.2) is 24.3 Å². The normalized spacial score (nSPS) is 20.2. The maximum atomic E-state index is 13.8. The van der Waals surface area contributed by atoms with Crippen molar-refractivity contribution in [3.05, 3.63) is 41.5 Å². The first kappa shape index (κ1) is 23.2. The molecule has 0 N–H and O–H groups in total. The Labute approximate surface area is 188 Å². The fourth-order valence-corrected chi connectivity index (χ4v) is 4.57. The van der Waals surface area contributed by atoms with Crippen molar-refractivity contribution in [3.8, 4) is 5.69 Å². The standard InChI is InChI=1S/C22H25F4N5O2/c1-14-3-2-10-30(13-14)20(32)15-8-11-29(12-9-15)21(33)18-19(22(24,25)26)31(28-27-18)17-6-4-16(23)5-7-17/h4-7,14-15H,2-3,8-13H2,1H3. The highest BCUT2D eigenvalue weighted by Crippen LogP contribution is 2.34. The summed E-state index contributed by atoms with van der Waals surface area (Å²) in [7, 11) is 0. The minimum absolute atomic E-state index is 0.0599. The Bertz CT molecular complexity index is 1010. The molecule has 11 heteroatoms. The first-order chi connectivity index (χ1) is 15.6. The second-order valence-electron chi connectivity index (χ2n) is 8.77. The molecule has 178 valence electrons. The van der Waals surface area contributed by atoms with E-state index < -0.39 is 29.3 Å². The van der Waals surface area contributed by atoms with Crippen LogP contribution in [0.1, 0.15) is 48.8 Å². The minimum Gasteiger partial charge on any atom is -0.342 e. The van der Waals surface area contributed by atoms with Gasteiger partial charge in [0.15, 0.2) is 11.4 Å². The largest absolute Gasteiger partial charge is 0.435 e. The van der Waals surface area contributed by atoms with Crippen molar-refractivity contribution in [1.29, 1.82) is 0 Å². The van der Waals surface area contributed by atoms with Gasteiger partial charge < -0.3 is 9.80 Å². The number of halogens is 4. The van der Waals surface area contributed by atoms with E-state index in [0.29, 0.717) is 23.4 Å². The van der Waals surface area contributed by atoms with Crippen molar-refractivity contribution in [2.24, 2.45) is 11.8 Å². The lowest BCUT2D eigenvalue weighted by molar-refractivity contribution is -0.143. The molecular formula is C22H25F4N5O2. The lowest BCUT2D eigenvalue weighted by Crippen LogP contribution is -2.47. The molecule has 0 aliphatic carbocycles. The summed E-state index contributed by atoms with van der Waals surface area (Å²) in [5.74, 6) is -1.22. The van der Waals surface area contributed by atoms with Crippen molar-refractivity contribution in [3.63, 3.8) is 0 Å². The van der Waals surface area contributed by atoms with Gasteiger partial charge in [0.05, 0.1) is 5.69 Å². The monoisotopic (exact) mass is 467 g/mol. The van der Waals surface area contributed by atoms with Crippen LogP contribution in [0, 0.1) is 17.7 Å². The number of hydrogen-bond donors (Lipinski definition) is 0. The van der Waals surface area contributed by atoms with Crippen molar-refractivity contribution in [2.45, 2.75) is 38.8 Å². The van der Waals surface area contributed by atoms with E-state index in [9.17, 15) is 27.2 Å². The Morgan fingerprint density at radius 3 is 2.27 bits per heavy atom. The molecule has 3 heterocycles. The van der Waals surface area contributed by atoms with E-state index in [0.717, 1.165) is 50.2 Å². The summed E-state index contributed by atoms with van der Waals surface area (Å²) >= 11 is 0. The number of carbonyl (C=O) groups excluding carboxylic acids is 2. The summed E-state index contributed by atoms with van der Waals surface area (Å²) in [6, 6.07) is 4.27. The zero-order valence-corrected chi connectivity index (χ0v) is 18.2. The molecule has 2 aliphatic rings.